The molecule has 1 nitrogen and oxygen atoms in total. The molecule has 0 heterocycles. The van der Waals surface area contributed by atoms with E-state index < -0.39 is 7.26 Å². The Balaban J connectivity index is 1.78. The van der Waals surface area contributed by atoms with Gasteiger partial charge in [0, 0.05) is 0 Å². The van der Waals surface area contributed by atoms with Crippen LogP contribution in [0.4, 0.5) is 0 Å². The van der Waals surface area contributed by atoms with Crippen LogP contribution in [0.1, 0.15) is 61.7 Å². The molecule has 0 N–H and O–H groups in total. The molecule has 4 aromatic carbocycles. The number of hydrogen-bond acceptors (Lipinski definition) is 1. The van der Waals surface area contributed by atoms with Gasteiger partial charge in [0.1, 0.15) is 28.9 Å². The van der Waals surface area contributed by atoms with Crippen molar-refractivity contribution in [3.05, 3.63) is 120 Å². The predicted molar refractivity (Wildman–Crippen MR) is 164 cm³/mol. The molecule has 0 aromatic heterocycles. The first-order chi connectivity index (χ1) is 18.2. The van der Waals surface area contributed by atoms with E-state index in [0.717, 1.165) is 24.3 Å². The zero-order valence-corrected chi connectivity index (χ0v) is 23.8. The summed E-state index contributed by atoms with van der Waals surface area (Å²) >= 11 is 7.78. The average Bonchev–Trinajstić information content (AvgIpc) is 2.95. The van der Waals surface area contributed by atoms with Gasteiger partial charge >= 0.3 is 0 Å². The van der Waals surface area contributed by atoms with E-state index in [1.807, 2.05) is 0 Å². The van der Waals surface area contributed by atoms with Crippen molar-refractivity contribution in [1.29, 1.82) is 0 Å². The second-order valence-corrected chi connectivity index (χ2v) is 14.0. The van der Waals surface area contributed by atoms with Crippen LogP contribution in [0.15, 0.2) is 109 Å². The molecule has 0 amide bonds. The molecule has 0 saturated heterocycles. The molecule has 0 aliphatic rings. The predicted octanol–water partition coefficient (Wildman–Crippen LogP) is 8.97. The molecule has 192 valence electrons. The van der Waals surface area contributed by atoms with E-state index in [4.69, 9.17) is 16.3 Å². The normalized spacial score (nSPS) is 12.3. The molecule has 0 spiro atoms. The van der Waals surface area contributed by atoms with Gasteiger partial charge in [-0.2, -0.15) is 0 Å². The summed E-state index contributed by atoms with van der Waals surface area (Å²) in [6.45, 7) is 5.12. The zero-order chi connectivity index (χ0) is 25.9. The molecule has 4 aromatic rings. The molecule has 1 unspecified atom stereocenters. The van der Waals surface area contributed by atoms with Crippen molar-refractivity contribution in [1.82, 2.24) is 0 Å². The Morgan fingerprint density at radius 1 is 0.649 bits per heavy atom. The maximum atomic E-state index is 7.78. The summed E-state index contributed by atoms with van der Waals surface area (Å²) in [5.41, 5.74) is 2.28. The van der Waals surface area contributed by atoms with Gasteiger partial charge in [0.05, 0.1) is 12.2 Å². The van der Waals surface area contributed by atoms with E-state index in [1.165, 1.54) is 53.6 Å². The van der Waals surface area contributed by atoms with Crippen LogP contribution >= 0.6 is 18.9 Å². The first kappa shape index (κ1) is 27.4. The summed E-state index contributed by atoms with van der Waals surface area (Å²) in [6.07, 6.45) is 7.46. The van der Waals surface area contributed by atoms with Gasteiger partial charge in [-0.15, -0.1) is 0 Å². The van der Waals surface area contributed by atoms with Crippen molar-refractivity contribution in [3.63, 3.8) is 0 Å². The number of halogens is 1. The van der Waals surface area contributed by atoms with Gasteiger partial charge in [0.15, 0.2) is 5.12 Å². The Kier molecular flexibility index (Phi) is 10.2. The largest absolute Gasteiger partial charge is 0.493 e. The Labute approximate surface area is 229 Å². The molecule has 0 radical (unpaired) electrons. The molecule has 3 heteroatoms. The highest BCUT2D eigenvalue weighted by atomic mass is 35.5. The number of benzene rings is 4. The van der Waals surface area contributed by atoms with Crippen molar-refractivity contribution in [2.24, 2.45) is 0 Å². The first-order valence-corrected chi connectivity index (χ1v) is 15.9. The van der Waals surface area contributed by atoms with Crippen LogP contribution < -0.4 is 20.7 Å². The molecule has 0 fully saturated rings. The summed E-state index contributed by atoms with van der Waals surface area (Å²) in [6, 6.07) is 39.0. The van der Waals surface area contributed by atoms with E-state index in [-0.39, 0.29) is 5.12 Å². The average molecular weight is 530 g/mol. The maximum Gasteiger partial charge on any atom is 0.185 e. The highest BCUT2D eigenvalue weighted by Crippen LogP contribution is 2.69. The van der Waals surface area contributed by atoms with Crippen molar-refractivity contribution in [2.75, 3.05) is 6.61 Å². The monoisotopic (exact) mass is 529 g/mol. The Bertz CT molecular complexity index is 1110. The fourth-order valence-corrected chi connectivity index (χ4v) is 10.5. The second kappa shape index (κ2) is 13.8. The molecule has 1 atom stereocenters. The van der Waals surface area contributed by atoms with Crippen LogP contribution in [0.2, 0.25) is 0 Å². The molecular weight excluding hydrogens is 491 g/mol. The van der Waals surface area contributed by atoms with Gasteiger partial charge in [-0.3, -0.25) is 0 Å². The molecule has 0 aliphatic carbocycles. The lowest BCUT2D eigenvalue weighted by atomic mass is 10.1. The van der Waals surface area contributed by atoms with Crippen LogP contribution in [0.5, 0.6) is 5.75 Å². The van der Waals surface area contributed by atoms with Crippen LogP contribution in [-0.4, -0.2) is 6.61 Å². The van der Waals surface area contributed by atoms with E-state index >= 15 is 0 Å². The summed E-state index contributed by atoms with van der Waals surface area (Å²) in [4.78, 5) is 0. The number of rotatable bonds is 13. The van der Waals surface area contributed by atoms with Gasteiger partial charge in [-0.25, -0.2) is 0 Å². The SMILES string of the molecule is CCCCCCCCOc1ccc(C)cc1C(Cl)[P+](c1ccccc1)(c1ccccc1)c1ccccc1. The third-order valence-corrected chi connectivity index (χ3v) is 12.4. The van der Waals surface area contributed by atoms with Crippen LogP contribution in [0.3, 0.4) is 0 Å². The quantitative estimate of drug-likeness (QED) is 0.0953. The first-order valence-electron chi connectivity index (χ1n) is 13.6. The highest BCUT2D eigenvalue weighted by molar-refractivity contribution is 7.96. The summed E-state index contributed by atoms with van der Waals surface area (Å²) < 4.78 is 6.46. The lowest BCUT2D eigenvalue weighted by molar-refractivity contribution is 0.302. The van der Waals surface area contributed by atoms with E-state index in [1.54, 1.807) is 0 Å². The lowest BCUT2D eigenvalue weighted by Crippen LogP contribution is -2.33. The molecule has 37 heavy (non-hydrogen) atoms. The van der Waals surface area contributed by atoms with Crippen LogP contribution in [0, 0.1) is 6.92 Å². The zero-order valence-electron chi connectivity index (χ0n) is 22.2. The summed E-state index contributed by atoms with van der Waals surface area (Å²) in [7, 11) is -2.29. The van der Waals surface area contributed by atoms with E-state index in [2.05, 4.69) is 123 Å². The molecular formula is C34H39ClOP+. The molecule has 0 saturated carbocycles. The van der Waals surface area contributed by atoms with Crippen LogP contribution in [-0.2, 0) is 0 Å². The summed E-state index contributed by atoms with van der Waals surface area (Å²) in [5.74, 6) is 0.909. The molecule has 0 bridgehead atoms. The Hall–Kier alpha value is -2.60. The standard InChI is InChI=1S/C34H39ClOP/c1-3-4-5-6-7-17-26-36-33-25-24-28(2)27-32(33)34(35)37(29-18-11-8-12-19-29,30-20-13-9-14-21-30)31-22-15-10-16-23-31/h8-16,18-25,27,34H,3-7,17,26H2,1-2H3/q+1. The van der Waals surface area contributed by atoms with Crippen molar-refractivity contribution in [2.45, 2.75) is 57.5 Å². The fraction of sp³-hybridized carbons (Fsp3) is 0.294. The van der Waals surface area contributed by atoms with Crippen molar-refractivity contribution in [3.8, 4) is 5.75 Å². The van der Waals surface area contributed by atoms with Gasteiger partial charge in [-0.05, 0) is 61.9 Å². The maximum absolute atomic E-state index is 7.78. The van der Waals surface area contributed by atoms with E-state index in [0.29, 0.717) is 0 Å². The minimum absolute atomic E-state index is 0.279. The summed E-state index contributed by atoms with van der Waals surface area (Å²) in [5, 5.41) is 3.54. The topological polar surface area (TPSA) is 9.23 Å². The van der Waals surface area contributed by atoms with Gasteiger partial charge < -0.3 is 4.74 Å². The smallest absolute Gasteiger partial charge is 0.185 e. The number of hydrogen-bond donors (Lipinski definition) is 0. The molecule has 0 aliphatic heterocycles. The van der Waals surface area contributed by atoms with Gasteiger partial charge in [0.25, 0.3) is 0 Å². The molecule has 4 rings (SSSR count). The lowest BCUT2D eigenvalue weighted by Gasteiger charge is -2.32. The van der Waals surface area contributed by atoms with Crippen LogP contribution in [0.25, 0.3) is 0 Å². The highest BCUT2D eigenvalue weighted by Gasteiger charge is 2.53. The van der Waals surface area contributed by atoms with Gasteiger partial charge in [0.2, 0.25) is 0 Å². The van der Waals surface area contributed by atoms with Crippen molar-refractivity contribution >= 4 is 34.8 Å². The minimum Gasteiger partial charge on any atom is -0.493 e. The van der Waals surface area contributed by atoms with E-state index in [9.17, 15) is 0 Å². The second-order valence-electron chi connectivity index (χ2n) is 9.72. The Morgan fingerprint density at radius 3 is 1.65 bits per heavy atom. The third-order valence-electron chi connectivity index (χ3n) is 7.01. The number of ether oxygens (including phenoxy) is 1. The fourth-order valence-electron chi connectivity index (χ4n) is 5.09. The van der Waals surface area contributed by atoms with Gasteiger partial charge in [-0.1, -0.05) is 117 Å². The van der Waals surface area contributed by atoms with Crippen molar-refractivity contribution < 1.29 is 4.74 Å². The number of aryl methyl sites for hydroxylation is 1. The minimum atomic E-state index is -2.29. The third kappa shape index (κ3) is 6.46. The Morgan fingerprint density at radius 2 is 1.14 bits per heavy atom. The number of unbranched alkanes of at least 4 members (excludes halogenated alkanes) is 5. The number of alkyl halides is 1.